The van der Waals surface area contributed by atoms with Crippen LogP contribution in [0.5, 0.6) is 11.5 Å². The molecule has 11 heteroatoms. The van der Waals surface area contributed by atoms with Crippen molar-refractivity contribution >= 4 is 34.7 Å². The van der Waals surface area contributed by atoms with E-state index in [0.717, 1.165) is 49.6 Å². The third-order valence-electron chi connectivity index (χ3n) is 7.64. The Morgan fingerprint density at radius 3 is 2.74 bits per heavy atom. The first-order valence-corrected chi connectivity index (χ1v) is 13.3. The van der Waals surface area contributed by atoms with Gasteiger partial charge in [0.15, 0.2) is 11.5 Å². The topological polar surface area (TPSA) is 121 Å². The van der Waals surface area contributed by atoms with Gasteiger partial charge in [0, 0.05) is 56.1 Å². The summed E-state index contributed by atoms with van der Waals surface area (Å²) < 4.78 is 16.0. The van der Waals surface area contributed by atoms with Gasteiger partial charge in [-0.1, -0.05) is 0 Å². The van der Waals surface area contributed by atoms with Gasteiger partial charge in [-0.25, -0.2) is 15.0 Å². The first-order chi connectivity index (χ1) is 18.6. The van der Waals surface area contributed by atoms with Crippen LogP contribution in [0, 0.1) is 5.92 Å². The summed E-state index contributed by atoms with van der Waals surface area (Å²) in [6, 6.07) is 5.88. The Labute approximate surface area is 219 Å². The van der Waals surface area contributed by atoms with E-state index >= 15 is 0 Å². The first-order valence-electron chi connectivity index (χ1n) is 13.3. The van der Waals surface area contributed by atoms with Crippen molar-refractivity contribution in [3.05, 3.63) is 42.6 Å². The van der Waals surface area contributed by atoms with Crippen LogP contribution in [0.2, 0.25) is 0 Å². The van der Waals surface area contributed by atoms with E-state index in [1.165, 1.54) is 19.3 Å². The number of amides is 1. The normalized spacial score (nSPS) is 19.4. The molecule has 2 saturated carbocycles. The molecule has 5 heterocycles. The highest BCUT2D eigenvalue weighted by atomic mass is 16.5. The SMILES string of the molecule is Cn1c(Nc2cn(C3CCC3)c([C@@H]3CCOC3)n2)nc2ncc(Oc3ccnc(NC(=O)C4CC4)c3)cc21. The lowest BCUT2D eigenvalue weighted by molar-refractivity contribution is -0.117. The number of rotatable bonds is 8. The summed E-state index contributed by atoms with van der Waals surface area (Å²) in [4.78, 5) is 30.5. The Morgan fingerprint density at radius 2 is 1.97 bits per heavy atom. The van der Waals surface area contributed by atoms with Crippen molar-refractivity contribution < 1.29 is 14.3 Å². The number of aromatic nitrogens is 6. The maximum atomic E-state index is 12.1. The molecule has 0 bridgehead atoms. The van der Waals surface area contributed by atoms with Crippen molar-refractivity contribution in [3.63, 3.8) is 0 Å². The quantitative estimate of drug-likeness (QED) is 0.348. The van der Waals surface area contributed by atoms with Crippen LogP contribution in [0.15, 0.2) is 36.8 Å². The van der Waals surface area contributed by atoms with Gasteiger partial charge in [-0.3, -0.25) is 4.79 Å². The number of carbonyl (C=O) groups excluding carboxylic acids is 1. The van der Waals surface area contributed by atoms with Gasteiger partial charge in [0.2, 0.25) is 11.9 Å². The van der Waals surface area contributed by atoms with Crippen LogP contribution in [-0.4, -0.2) is 48.2 Å². The molecule has 0 radical (unpaired) electrons. The average Bonchev–Trinajstić information content (AvgIpc) is 3.31. The standard InChI is InChI=1S/C27H30N8O3/c1-34-21-11-20(38-19-7-9-28-22(12-19)31-26(36)16-5-6-16)13-29-24(21)33-27(34)32-23-14-35(18-3-2-4-18)25(30-23)17-8-10-37-15-17/h7,9,11-14,16-18H,2-6,8,10,15H2,1H3,(H,28,31,36)(H,29,32,33)/t17-/m1/s1. The van der Waals surface area contributed by atoms with E-state index in [9.17, 15) is 4.79 Å². The van der Waals surface area contributed by atoms with Gasteiger partial charge in [-0.15, -0.1) is 0 Å². The lowest BCUT2D eigenvalue weighted by atomic mass is 9.92. The van der Waals surface area contributed by atoms with Crippen molar-refractivity contribution in [2.24, 2.45) is 13.0 Å². The third kappa shape index (κ3) is 4.47. The smallest absolute Gasteiger partial charge is 0.228 e. The number of pyridine rings is 2. The molecule has 196 valence electrons. The molecular formula is C27H30N8O3. The monoisotopic (exact) mass is 514 g/mol. The second-order valence-electron chi connectivity index (χ2n) is 10.4. The molecule has 1 saturated heterocycles. The molecule has 4 aromatic rings. The van der Waals surface area contributed by atoms with Crippen molar-refractivity contribution in [3.8, 4) is 11.5 Å². The van der Waals surface area contributed by atoms with Gasteiger partial charge in [0.25, 0.3) is 0 Å². The van der Waals surface area contributed by atoms with Crippen molar-refractivity contribution in [2.75, 3.05) is 23.8 Å². The second-order valence-corrected chi connectivity index (χ2v) is 10.4. The number of hydrogen-bond acceptors (Lipinski definition) is 8. The summed E-state index contributed by atoms with van der Waals surface area (Å²) in [5, 5.41) is 6.26. The van der Waals surface area contributed by atoms with E-state index in [1.54, 1.807) is 24.5 Å². The molecule has 4 aromatic heterocycles. The molecule has 3 fully saturated rings. The Kier molecular flexibility index (Phi) is 5.72. The van der Waals surface area contributed by atoms with E-state index in [0.29, 0.717) is 40.9 Å². The summed E-state index contributed by atoms with van der Waals surface area (Å²) >= 11 is 0. The number of ether oxygens (including phenoxy) is 2. The van der Waals surface area contributed by atoms with E-state index in [4.69, 9.17) is 19.4 Å². The number of nitrogens with zero attached hydrogens (tertiary/aromatic N) is 6. The number of hydrogen-bond donors (Lipinski definition) is 2. The predicted octanol–water partition coefficient (Wildman–Crippen LogP) is 4.67. The highest BCUT2D eigenvalue weighted by molar-refractivity contribution is 5.93. The largest absolute Gasteiger partial charge is 0.455 e. The summed E-state index contributed by atoms with van der Waals surface area (Å²) in [6.45, 7) is 1.52. The van der Waals surface area contributed by atoms with Gasteiger partial charge in [-0.2, -0.15) is 4.98 Å². The average molecular weight is 515 g/mol. The molecule has 1 atom stereocenters. The maximum absolute atomic E-state index is 12.1. The van der Waals surface area contributed by atoms with Crippen LogP contribution in [0.4, 0.5) is 17.6 Å². The fourth-order valence-corrected chi connectivity index (χ4v) is 5.05. The highest BCUT2D eigenvalue weighted by Gasteiger charge is 2.30. The number of nitrogens with one attached hydrogen (secondary N) is 2. The lowest BCUT2D eigenvalue weighted by Crippen LogP contribution is -2.20. The van der Waals surface area contributed by atoms with Gasteiger partial charge >= 0.3 is 0 Å². The molecule has 1 aliphatic heterocycles. The van der Waals surface area contributed by atoms with Crippen LogP contribution < -0.4 is 15.4 Å². The van der Waals surface area contributed by atoms with Crippen molar-refractivity contribution in [1.29, 1.82) is 0 Å². The van der Waals surface area contributed by atoms with Crippen LogP contribution >= 0.6 is 0 Å². The zero-order chi connectivity index (χ0) is 25.6. The molecule has 2 N–H and O–H groups in total. The highest BCUT2D eigenvalue weighted by Crippen LogP contribution is 2.37. The number of imidazole rings is 2. The molecule has 0 spiro atoms. The van der Waals surface area contributed by atoms with Gasteiger partial charge in [-0.05, 0) is 44.6 Å². The van der Waals surface area contributed by atoms with E-state index < -0.39 is 0 Å². The van der Waals surface area contributed by atoms with Crippen LogP contribution in [0.1, 0.15) is 56.3 Å². The minimum absolute atomic E-state index is 0.00821. The van der Waals surface area contributed by atoms with E-state index in [2.05, 4.69) is 31.4 Å². The van der Waals surface area contributed by atoms with E-state index in [-0.39, 0.29) is 11.8 Å². The molecule has 0 aromatic carbocycles. The zero-order valence-electron chi connectivity index (χ0n) is 21.3. The van der Waals surface area contributed by atoms with Gasteiger partial charge in [0.1, 0.15) is 23.1 Å². The molecule has 38 heavy (non-hydrogen) atoms. The molecule has 2 aliphatic carbocycles. The molecular weight excluding hydrogens is 484 g/mol. The first kappa shape index (κ1) is 23.2. The lowest BCUT2D eigenvalue weighted by Gasteiger charge is -2.29. The molecule has 1 amide bonds. The number of anilines is 3. The molecule has 0 unspecified atom stereocenters. The summed E-state index contributed by atoms with van der Waals surface area (Å²) in [5.41, 5.74) is 1.43. The van der Waals surface area contributed by atoms with E-state index in [1.807, 2.05) is 17.7 Å². The van der Waals surface area contributed by atoms with Gasteiger partial charge in [0.05, 0.1) is 18.3 Å². The Hall–Kier alpha value is -3.99. The Bertz CT molecular complexity index is 1500. The summed E-state index contributed by atoms with van der Waals surface area (Å²) in [6.07, 6.45) is 11.9. The minimum atomic E-state index is 0.00821. The Balaban J connectivity index is 1.11. The summed E-state index contributed by atoms with van der Waals surface area (Å²) in [7, 11) is 1.94. The fourth-order valence-electron chi connectivity index (χ4n) is 5.05. The summed E-state index contributed by atoms with van der Waals surface area (Å²) in [5.74, 6) is 4.61. The molecule has 7 rings (SSSR count). The second kappa shape index (κ2) is 9.39. The number of carbonyl (C=O) groups is 1. The molecule has 3 aliphatic rings. The van der Waals surface area contributed by atoms with Gasteiger partial charge < -0.3 is 29.2 Å². The predicted molar refractivity (Wildman–Crippen MR) is 141 cm³/mol. The van der Waals surface area contributed by atoms with Crippen LogP contribution in [0.25, 0.3) is 11.2 Å². The van der Waals surface area contributed by atoms with Crippen molar-refractivity contribution in [2.45, 2.75) is 50.5 Å². The van der Waals surface area contributed by atoms with Crippen LogP contribution in [-0.2, 0) is 16.6 Å². The van der Waals surface area contributed by atoms with Crippen LogP contribution in [0.3, 0.4) is 0 Å². The number of aryl methyl sites for hydroxylation is 1. The Morgan fingerprint density at radius 1 is 1.08 bits per heavy atom. The fraction of sp³-hybridized carbons (Fsp3) is 0.444. The third-order valence-corrected chi connectivity index (χ3v) is 7.64. The number of fused-ring (bicyclic) bond motifs is 1. The maximum Gasteiger partial charge on any atom is 0.228 e. The molecule has 11 nitrogen and oxygen atoms in total. The zero-order valence-corrected chi connectivity index (χ0v) is 21.3. The minimum Gasteiger partial charge on any atom is -0.455 e. The van der Waals surface area contributed by atoms with Crippen molar-refractivity contribution in [1.82, 2.24) is 29.1 Å².